The zero-order chi connectivity index (χ0) is 8.20. The molecule has 3 N–H and O–H groups in total. The highest BCUT2D eigenvalue weighted by atomic mass is 35.5. The van der Waals surface area contributed by atoms with Crippen molar-refractivity contribution >= 4 is 11.6 Å². The maximum atomic E-state index is 5.96. The van der Waals surface area contributed by atoms with Crippen molar-refractivity contribution in [3.63, 3.8) is 0 Å². The summed E-state index contributed by atoms with van der Waals surface area (Å²) >= 11 is 5.96. The van der Waals surface area contributed by atoms with Crippen molar-refractivity contribution in [2.24, 2.45) is 0 Å². The van der Waals surface area contributed by atoms with Crippen LogP contribution in [0.25, 0.3) is 0 Å². The summed E-state index contributed by atoms with van der Waals surface area (Å²) in [6.07, 6.45) is 1.78. The Morgan fingerprint density at radius 3 is 2.36 bits per heavy atom. The van der Waals surface area contributed by atoms with E-state index in [0.717, 1.165) is 0 Å². The van der Waals surface area contributed by atoms with Crippen LogP contribution in [0.1, 0.15) is 20.8 Å². The molecule has 0 aromatic heterocycles. The first-order valence-electron chi connectivity index (χ1n) is 3.40. The fraction of sp³-hybridized carbons (Fsp3) is 0.750. The molecule has 0 spiro atoms. The molecule has 0 aliphatic heterocycles. The highest BCUT2D eigenvalue weighted by molar-refractivity contribution is 6.23. The minimum absolute atomic E-state index is 0. The molecular formula is C8H18ClNO. The summed E-state index contributed by atoms with van der Waals surface area (Å²) in [6.45, 7) is 9.93. The number of hydrogen-bond acceptors (Lipinski definition) is 2. The molecule has 0 rings (SSSR count). The first-order chi connectivity index (χ1) is 4.48. The van der Waals surface area contributed by atoms with E-state index in [2.05, 4.69) is 6.58 Å². The highest BCUT2D eigenvalue weighted by Crippen LogP contribution is 2.20. The van der Waals surface area contributed by atoms with E-state index in [1.807, 2.05) is 20.8 Å². The van der Waals surface area contributed by atoms with Crippen LogP contribution in [0, 0.1) is 0 Å². The third kappa shape index (κ3) is 6.35. The van der Waals surface area contributed by atoms with E-state index in [0.29, 0.717) is 6.61 Å². The number of halogens is 1. The molecule has 11 heavy (non-hydrogen) atoms. The van der Waals surface area contributed by atoms with E-state index < -0.39 is 0 Å². The van der Waals surface area contributed by atoms with Crippen molar-refractivity contribution in [1.82, 2.24) is 6.15 Å². The second kappa shape index (κ2) is 5.58. The van der Waals surface area contributed by atoms with Gasteiger partial charge in [0, 0.05) is 0 Å². The van der Waals surface area contributed by atoms with Gasteiger partial charge in [0.2, 0.25) is 0 Å². The zero-order valence-corrected chi connectivity index (χ0v) is 8.32. The third-order valence-corrected chi connectivity index (χ3v) is 1.74. The summed E-state index contributed by atoms with van der Waals surface area (Å²) in [6, 6.07) is 0. The van der Waals surface area contributed by atoms with Crippen LogP contribution < -0.4 is 6.15 Å². The predicted octanol–water partition coefficient (Wildman–Crippen LogP) is 2.76. The quantitative estimate of drug-likeness (QED) is 0.533. The van der Waals surface area contributed by atoms with Gasteiger partial charge in [0.1, 0.15) is 0 Å². The standard InChI is InChI=1S/C8H15ClO.H3N/c1-5-6-10-7(2)8(3,4)9;/h5,7H,1,6H2,2-4H3;1H3. The fourth-order valence-electron chi connectivity index (χ4n) is 0.411. The van der Waals surface area contributed by atoms with Crippen molar-refractivity contribution in [1.29, 1.82) is 0 Å². The molecule has 0 radical (unpaired) electrons. The summed E-state index contributed by atoms with van der Waals surface area (Å²) in [5, 5.41) is 0. The Morgan fingerprint density at radius 1 is 1.64 bits per heavy atom. The van der Waals surface area contributed by atoms with Gasteiger partial charge in [0.05, 0.1) is 17.6 Å². The van der Waals surface area contributed by atoms with Crippen LogP contribution in [0.2, 0.25) is 0 Å². The lowest BCUT2D eigenvalue weighted by atomic mass is 10.1. The molecule has 0 aliphatic rings. The van der Waals surface area contributed by atoms with Gasteiger partial charge < -0.3 is 10.9 Å². The molecule has 0 amide bonds. The first kappa shape index (κ1) is 13.5. The molecule has 0 fully saturated rings. The Labute approximate surface area is 74.2 Å². The molecule has 0 bridgehead atoms. The van der Waals surface area contributed by atoms with Crippen LogP contribution >= 0.6 is 11.6 Å². The largest absolute Gasteiger partial charge is 0.373 e. The number of ether oxygens (including phenoxy) is 1. The molecule has 0 aromatic rings. The molecule has 0 aliphatic carbocycles. The van der Waals surface area contributed by atoms with E-state index >= 15 is 0 Å². The predicted molar refractivity (Wildman–Crippen MR) is 50.6 cm³/mol. The smallest absolute Gasteiger partial charge is 0.0737 e. The molecule has 68 valence electrons. The maximum Gasteiger partial charge on any atom is 0.0737 e. The SMILES string of the molecule is C=CCOC(C)C(C)(C)Cl.N. The maximum absolute atomic E-state index is 5.96. The Kier molecular flexibility index (Phi) is 6.87. The Bertz CT molecular complexity index is 109. The molecule has 1 atom stereocenters. The van der Waals surface area contributed by atoms with Crippen molar-refractivity contribution in [2.75, 3.05) is 6.61 Å². The van der Waals surface area contributed by atoms with Crippen LogP contribution in [-0.4, -0.2) is 17.6 Å². The molecule has 1 unspecified atom stereocenters. The molecular weight excluding hydrogens is 162 g/mol. The topological polar surface area (TPSA) is 44.2 Å². The van der Waals surface area contributed by atoms with Crippen LogP contribution in [0.4, 0.5) is 0 Å². The normalized spacial score (nSPS) is 13.5. The van der Waals surface area contributed by atoms with Gasteiger partial charge in [0.15, 0.2) is 0 Å². The highest BCUT2D eigenvalue weighted by Gasteiger charge is 2.22. The number of rotatable bonds is 4. The summed E-state index contributed by atoms with van der Waals surface area (Å²) in [4.78, 5) is -0.289. The van der Waals surface area contributed by atoms with Gasteiger partial charge in [0.25, 0.3) is 0 Å². The fourth-order valence-corrected chi connectivity index (χ4v) is 0.474. The molecule has 3 heteroatoms. The average Bonchev–Trinajstić information content (AvgIpc) is 1.80. The van der Waals surface area contributed by atoms with Gasteiger partial charge in [-0.05, 0) is 20.8 Å². The van der Waals surface area contributed by atoms with Crippen molar-refractivity contribution < 1.29 is 4.74 Å². The van der Waals surface area contributed by atoms with Gasteiger partial charge in [-0.1, -0.05) is 6.08 Å². The van der Waals surface area contributed by atoms with Crippen LogP contribution in [0.5, 0.6) is 0 Å². The summed E-state index contributed by atoms with van der Waals surface area (Å²) in [7, 11) is 0. The van der Waals surface area contributed by atoms with Crippen LogP contribution in [-0.2, 0) is 4.74 Å². The van der Waals surface area contributed by atoms with E-state index in [4.69, 9.17) is 16.3 Å². The van der Waals surface area contributed by atoms with Gasteiger partial charge >= 0.3 is 0 Å². The lowest BCUT2D eigenvalue weighted by molar-refractivity contribution is 0.0645. The summed E-state index contributed by atoms with van der Waals surface area (Å²) in [5.41, 5.74) is 0. The average molecular weight is 180 g/mol. The van der Waals surface area contributed by atoms with Crippen LogP contribution in [0.15, 0.2) is 12.7 Å². The Hall–Kier alpha value is -0.0500. The molecule has 0 heterocycles. The zero-order valence-electron chi connectivity index (χ0n) is 7.56. The van der Waals surface area contributed by atoms with Crippen molar-refractivity contribution in [3.8, 4) is 0 Å². The molecule has 0 saturated carbocycles. The Balaban J connectivity index is 0. The molecule has 2 nitrogen and oxygen atoms in total. The van der Waals surface area contributed by atoms with E-state index in [9.17, 15) is 0 Å². The first-order valence-corrected chi connectivity index (χ1v) is 3.77. The molecule has 0 aromatic carbocycles. The summed E-state index contributed by atoms with van der Waals surface area (Å²) < 4.78 is 5.31. The second-order valence-electron chi connectivity index (χ2n) is 2.83. The van der Waals surface area contributed by atoms with E-state index in [1.165, 1.54) is 0 Å². The monoisotopic (exact) mass is 179 g/mol. The van der Waals surface area contributed by atoms with Gasteiger partial charge in [-0.2, -0.15) is 0 Å². The number of hydrogen-bond donors (Lipinski definition) is 1. The van der Waals surface area contributed by atoms with Gasteiger partial charge in [-0.25, -0.2) is 0 Å². The lowest BCUT2D eigenvalue weighted by Crippen LogP contribution is -2.30. The third-order valence-electron chi connectivity index (χ3n) is 1.43. The minimum Gasteiger partial charge on any atom is -0.373 e. The molecule has 0 saturated heterocycles. The van der Waals surface area contributed by atoms with Crippen molar-refractivity contribution in [2.45, 2.75) is 31.7 Å². The van der Waals surface area contributed by atoms with Gasteiger partial charge in [-0.3, -0.25) is 0 Å². The Morgan fingerprint density at radius 2 is 2.09 bits per heavy atom. The van der Waals surface area contributed by atoms with Crippen molar-refractivity contribution in [3.05, 3.63) is 12.7 Å². The van der Waals surface area contributed by atoms with Gasteiger partial charge in [-0.15, -0.1) is 18.2 Å². The lowest BCUT2D eigenvalue weighted by Gasteiger charge is -2.24. The minimum atomic E-state index is -0.289. The number of alkyl halides is 1. The van der Waals surface area contributed by atoms with Crippen LogP contribution in [0.3, 0.4) is 0 Å². The van der Waals surface area contributed by atoms with E-state index in [-0.39, 0.29) is 17.1 Å². The van der Waals surface area contributed by atoms with E-state index in [1.54, 1.807) is 6.08 Å². The summed E-state index contributed by atoms with van der Waals surface area (Å²) in [5.74, 6) is 0. The second-order valence-corrected chi connectivity index (χ2v) is 3.80.